The van der Waals surface area contributed by atoms with Crippen LogP contribution in [0.1, 0.15) is 5.56 Å². The molecular formula is C10H3Cl2F4N3S. The first kappa shape index (κ1) is 15.3. The van der Waals surface area contributed by atoms with Crippen LogP contribution in [0.4, 0.5) is 17.6 Å². The van der Waals surface area contributed by atoms with Crippen molar-refractivity contribution in [2.75, 3.05) is 0 Å². The summed E-state index contributed by atoms with van der Waals surface area (Å²) in [5, 5.41) is 6.49. The first-order chi connectivity index (χ1) is 9.25. The maximum atomic E-state index is 13.2. The smallest absolute Gasteiger partial charge is 0.207 e. The van der Waals surface area contributed by atoms with Crippen LogP contribution in [0.5, 0.6) is 0 Å². The van der Waals surface area contributed by atoms with Crippen LogP contribution in [0.2, 0.25) is 10.4 Å². The molecule has 0 aliphatic heterocycles. The van der Waals surface area contributed by atoms with Gasteiger partial charge in [0.2, 0.25) is 5.28 Å². The van der Waals surface area contributed by atoms with Gasteiger partial charge in [-0.15, -0.1) is 10.2 Å². The molecule has 0 N–H and O–H groups in total. The Morgan fingerprint density at radius 2 is 1.75 bits per heavy atom. The van der Waals surface area contributed by atoms with E-state index in [1.165, 1.54) is 0 Å². The Balaban J connectivity index is 2.39. The molecule has 0 unspecified atom stereocenters. The highest BCUT2D eigenvalue weighted by Gasteiger charge is 2.31. The second-order valence-corrected chi connectivity index (χ2v) is 5.21. The van der Waals surface area contributed by atoms with Gasteiger partial charge in [0.1, 0.15) is 10.8 Å². The molecule has 1 aromatic carbocycles. The third-order valence-electron chi connectivity index (χ3n) is 2.00. The fourth-order valence-corrected chi connectivity index (χ4v) is 2.45. The third-order valence-corrected chi connectivity index (χ3v) is 3.48. The highest BCUT2D eigenvalue weighted by molar-refractivity contribution is 7.99. The standard InChI is InChI=1S/C10H3Cl2F4N3S/c11-7-8(17-9(12)19-18-7)20-6-2-4(10(14,15)16)1-5(13)3-6/h1-3H. The molecule has 0 spiro atoms. The molecule has 0 aliphatic carbocycles. The summed E-state index contributed by atoms with van der Waals surface area (Å²) in [6.07, 6.45) is -4.65. The molecule has 0 saturated heterocycles. The number of alkyl halides is 3. The van der Waals surface area contributed by atoms with Crippen LogP contribution in [0.25, 0.3) is 0 Å². The Morgan fingerprint density at radius 3 is 2.40 bits per heavy atom. The summed E-state index contributed by atoms with van der Waals surface area (Å²) in [6, 6.07) is 2.10. The van der Waals surface area contributed by atoms with Crippen molar-refractivity contribution >= 4 is 35.0 Å². The summed E-state index contributed by atoms with van der Waals surface area (Å²) in [4.78, 5) is 3.68. The summed E-state index contributed by atoms with van der Waals surface area (Å²) in [6.45, 7) is 0. The lowest BCUT2D eigenvalue weighted by Gasteiger charge is -2.09. The van der Waals surface area contributed by atoms with Crippen LogP contribution in [0, 0.1) is 5.82 Å². The molecule has 0 aliphatic rings. The lowest BCUT2D eigenvalue weighted by molar-refractivity contribution is -0.137. The average Bonchev–Trinajstić information content (AvgIpc) is 2.32. The zero-order chi connectivity index (χ0) is 14.9. The first-order valence-electron chi connectivity index (χ1n) is 4.87. The largest absolute Gasteiger partial charge is 0.416 e. The van der Waals surface area contributed by atoms with Crippen molar-refractivity contribution in [2.24, 2.45) is 0 Å². The van der Waals surface area contributed by atoms with Gasteiger partial charge in [-0.25, -0.2) is 9.37 Å². The van der Waals surface area contributed by atoms with Gasteiger partial charge >= 0.3 is 6.18 Å². The maximum Gasteiger partial charge on any atom is 0.416 e. The molecule has 1 heterocycles. The summed E-state index contributed by atoms with van der Waals surface area (Å²) < 4.78 is 50.9. The summed E-state index contributed by atoms with van der Waals surface area (Å²) in [7, 11) is 0. The van der Waals surface area contributed by atoms with Crippen molar-refractivity contribution in [3.05, 3.63) is 40.0 Å². The van der Waals surface area contributed by atoms with Gasteiger partial charge < -0.3 is 0 Å². The van der Waals surface area contributed by atoms with Crippen LogP contribution < -0.4 is 0 Å². The van der Waals surface area contributed by atoms with Crippen molar-refractivity contribution in [3.63, 3.8) is 0 Å². The Kier molecular flexibility index (Phi) is 4.36. The number of aromatic nitrogens is 3. The lowest BCUT2D eigenvalue weighted by Crippen LogP contribution is -2.05. The molecule has 0 amide bonds. The SMILES string of the molecule is Fc1cc(Sc2nc(Cl)nnc2Cl)cc(C(F)(F)F)c1. The number of rotatable bonds is 2. The molecule has 0 radical (unpaired) electrons. The van der Waals surface area contributed by atoms with E-state index in [1.54, 1.807) is 0 Å². The van der Waals surface area contributed by atoms with Gasteiger partial charge in [0.05, 0.1) is 5.56 Å². The number of nitrogens with zero attached hydrogens (tertiary/aromatic N) is 3. The van der Waals surface area contributed by atoms with E-state index in [0.717, 1.165) is 12.1 Å². The molecule has 3 nitrogen and oxygen atoms in total. The minimum Gasteiger partial charge on any atom is -0.207 e. The predicted octanol–water partition coefficient (Wildman–Crippen LogP) is 4.49. The van der Waals surface area contributed by atoms with Crippen LogP contribution >= 0.6 is 35.0 Å². The maximum absolute atomic E-state index is 13.2. The van der Waals surface area contributed by atoms with Crippen LogP contribution in [-0.2, 0) is 6.18 Å². The van der Waals surface area contributed by atoms with Gasteiger partial charge in [0.15, 0.2) is 5.15 Å². The Bertz CT molecular complexity index is 651. The molecule has 10 heteroatoms. The molecule has 0 bridgehead atoms. The molecule has 0 fully saturated rings. The monoisotopic (exact) mass is 343 g/mol. The van der Waals surface area contributed by atoms with Crippen LogP contribution in [0.3, 0.4) is 0 Å². The van der Waals surface area contributed by atoms with Gasteiger partial charge in [-0.05, 0) is 29.8 Å². The molecular weight excluding hydrogens is 341 g/mol. The highest BCUT2D eigenvalue weighted by atomic mass is 35.5. The Morgan fingerprint density at radius 1 is 1.05 bits per heavy atom. The van der Waals surface area contributed by atoms with Crippen LogP contribution in [-0.4, -0.2) is 15.2 Å². The number of benzene rings is 1. The van der Waals surface area contributed by atoms with Crippen molar-refractivity contribution in [3.8, 4) is 0 Å². The minimum atomic E-state index is -4.65. The molecule has 106 valence electrons. The van der Waals surface area contributed by atoms with E-state index in [4.69, 9.17) is 23.2 Å². The van der Waals surface area contributed by atoms with E-state index in [-0.39, 0.29) is 20.4 Å². The molecule has 2 rings (SSSR count). The molecule has 2 aromatic rings. The van der Waals surface area contributed by atoms with E-state index in [2.05, 4.69) is 15.2 Å². The quantitative estimate of drug-likeness (QED) is 0.753. The molecule has 20 heavy (non-hydrogen) atoms. The van der Waals surface area contributed by atoms with Crippen molar-refractivity contribution in [1.82, 2.24) is 15.2 Å². The fourth-order valence-electron chi connectivity index (χ4n) is 1.24. The van der Waals surface area contributed by atoms with Gasteiger partial charge in [0.25, 0.3) is 0 Å². The minimum absolute atomic E-state index is 0.0317. The second kappa shape index (κ2) is 5.71. The highest BCUT2D eigenvalue weighted by Crippen LogP contribution is 2.36. The molecule has 0 saturated carbocycles. The zero-order valence-corrected chi connectivity index (χ0v) is 11.6. The number of halogens is 6. The van der Waals surface area contributed by atoms with Crippen LogP contribution in [0.15, 0.2) is 28.1 Å². The van der Waals surface area contributed by atoms with Gasteiger partial charge in [-0.2, -0.15) is 13.2 Å². The van der Waals surface area contributed by atoms with E-state index >= 15 is 0 Å². The van der Waals surface area contributed by atoms with Crippen molar-refractivity contribution < 1.29 is 17.6 Å². The van der Waals surface area contributed by atoms with E-state index < -0.39 is 17.6 Å². The topological polar surface area (TPSA) is 38.7 Å². The number of hydrogen-bond donors (Lipinski definition) is 0. The third kappa shape index (κ3) is 3.71. The zero-order valence-electron chi connectivity index (χ0n) is 9.25. The summed E-state index contributed by atoms with van der Waals surface area (Å²) in [5.74, 6) is -1.02. The molecule has 0 atom stereocenters. The van der Waals surface area contributed by atoms with Gasteiger partial charge in [0, 0.05) is 4.90 Å². The van der Waals surface area contributed by atoms with Crippen molar-refractivity contribution in [2.45, 2.75) is 16.1 Å². The van der Waals surface area contributed by atoms with E-state index in [9.17, 15) is 17.6 Å². The van der Waals surface area contributed by atoms with E-state index in [1.807, 2.05) is 0 Å². The molecule has 1 aromatic heterocycles. The fraction of sp³-hybridized carbons (Fsp3) is 0.100. The van der Waals surface area contributed by atoms with Gasteiger partial charge in [-0.3, -0.25) is 0 Å². The average molecular weight is 344 g/mol. The van der Waals surface area contributed by atoms with Crippen molar-refractivity contribution in [1.29, 1.82) is 0 Å². The Labute approximate surface area is 124 Å². The Hall–Kier alpha value is -1.12. The first-order valence-corrected chi connectivity index (χ1v) is 6.44. The lowest BCUT2D eigenvalue weighted by atomic mass is 10.2. The second-order valence-electron chi connectivity index (χ2n) is 3.45. The summed E-state index contributed by atoms with van der Waals surface area (Å²) >= 11 is 11.9. The normalized spacial score (nSPS) is 11.7. The predicted molar refractivity (Wildman–Crippen MR) is 65.4 cm³/mol. The van der Waals surface area contributed by atoms with E-state index in [0.29, 0.717) is 17.8 Å². The van der Waals surface area contributed by atoms with Gasteiger partial charge in [-0.1, -0.05) is 23.4 Å². The summed E-state index contributed by atoms with van der Waals surface area (Å²) in [5.41, 5.74) is -1.11. The number of hydrogen-bond acceptors (Lipinski definition) is 4.